The van der Waals surface area contributed by atoms with E-state index in [1.165, 1.54) is 0 Å². The maximum Gasteiger partial charge on any atom is 0.132 e. The first-order chi connectivity index (χ1) is 11.3. The number of nitrogens with zero attached hydrogens (tertiary/aromatic N) is 4. The molecular weight excluding hydrogens is 304 g/mol. The third-order valence-electron chi connectivity index (χ3n) is 4.68. The van der Waals surface area contributed by atoms with Gasteiger partial charge in [0.2, 0.25) is 0 Å². The molecule has 0 radical (unpaired) electrons. The maximum absolute atomic E-state index is 4.83. The van der Waals surface area contributed by atoms with Crippen LogP contribution in [-0.4, -0.2) is 39.5 Å². The molecule has 3 aromatic rings. The van der Waals surface area contributed by atoms with Crippen molar-refractivity contribution in [3.63, 3.8) is 0 Å². The first kappa shape index (κ1) is 14.7. The average molecular weight is 324 g/mol. The Hall–Kier alpha value is -1.85. The molecule has 23 heavy (non-hydrogen) atoms. The number of likely N-dealkylation sites (tertiary alicyclic amines) is 1. The molecule has 3 heterocycles. The highest BCUT2D eigenvalue weighted by Crippen LogP contribution is 2.28. The Bertz CT molecular complexity index is 792. The Morgan fingerprint density at radius 1 is 1.22 bits per heavy atom. The van der Waals surface area contributed by atoms with Crippen LogP contribution in [0.5, 0.6) is 0 Å². The lowest BCUT2D eigenvalue weighted by Crippen LogP contribution is -2.33. The highest BCUT2D eigenvalue weighted by atomic mass is 32.1. The number of piperidine rings is 1. The third-order valence-corrected chi connectivity index (χ3v) is 5.50. The minimum Gasteiger partial charge on any atom is -0.304 e. The van der Waals surface area contributed by atoms with Crippen LogP contribution in [0.4, 0.5) is 0 Å². The molecule has 0 aliphatic carbocycles. The van der Waals surface area contributed by atoms with E-state index < -0.39 is 0 Å². The second-order valence-electron chi connectivity index (χ2n) is 6.05. The molecule has 4 nitrogen and oxygen atoms in total. The van der Waals surface area contributed by atoms with E-state index in [-0.39, 0.29) is 0 Å². The smallest absolute Gasteiger partial charge is 0.132 e. The molecule has 0 bridgehead atoms. The molecular formula is C18H20N4S. The van der Waals surface area contributed by atoms with Crippen LogP contribution >= 0.6 is 11.3 Å². The molecule has 118 valence electrons. The lowest BCUT2D eigenvalue weighted by Gasteiger charge is -2.30. The molecule has 0 saturated carbocycles. The maximum atomic E-state index is 4.83. The highest BCUT2D eigenvalue weighted by Gasteiger charge is 2.21. The number of aromatic nitrogens is 3. The van der Waals surface area contributed by atoms with Gasteiger partial charge in [-0.3, -0.25) is 0 Å². The molecule has 1 aromatic carbocycles. The molecule has 0 amide bonds. The van der Waals surface area contributed by atoms with Gasteiger partial charge in [-0.2, -0.15) is 0 Å². The predicted molar refractivity (Wildman–Crippen MR) is 94.7 cm³/mol. The summed E-state index contributed by atoms with van der Waals surface area (Å²) in [6.45, 7) is 5.69. The first-order valence-electron chi connectivity index (χ1n) is 8.22. The van der Waals surface area contributed by atoms with Crippen molar-refractivity contribution < 1.29 is 0 Å². The van der Waals surface area contributed by atoms with E-state index in [4.69, 9.17) is 4.98 Å². The molecule has 0 N–H and O–H groups in total. The number of hydrogen-bond donors (Lipinski definition) is 0. The molecule has 4 rings (SSSR count). The van der Waals surface area contributed by atoms with Gasteiger partial charge in [0, 0.05) is 34.6 Å². The van der Waals surface area contributed by atoms with Gasteiger partial charge in [-0.1, -0.05) is 6.92 Å². The van der Waals surface area contributed by atoms with Crippen molar-refractivity contribution in [2.24, 2.45) is 0 Å². The van der Waals surface area contributed by atoms with Gasteiger partial charge in [0.05, 0.1) is 5.52 Å². The van der Waals surface area contributed by atoms with Gasteiger partial charge in [0.1, 0.15) is 10.8 Å². The molecule has 5 heteroatoms. The second kappa shape index (κ2) is 6.34. The fraction of sp³-hybridized carbons (Fsp3) is 0.389. The lowest BCUT2D eigenvalue weighted by molar-refractivity contribution is 0.219. The average Bonchev–Trinajstić information content (AvgIpc) is 3.15. The van der Waals surface area contributed by atoms with Crippen LogP contribution in [0.3, 0.4) is 0 Å². The summed E-state index contributed by atoms with van der Waals surface area (Å²) in [7, 11) is 0. The summed E-state index contributed by atoms with van der Waals surface area (Å²) in [4.78, 5) is 16.4. The summed E-state index contributed by atoms with van der Waals surface area (Å²) in [5.41, 5.74) is 2.17. The monoisotopic (exact) mass is 324 g/mol. The fourth-order valence-electron chi connectivity index (χ4n) is 3.25. The van der Waals surface area contributed by atoms with Crippen LogP contribution in [0, 0.1) is 0 Å². The van der Waals surface area contributed by atoms with E-state index in [9.17, 15) is 0 Å². The molecule has 0 spiro atoms. The quantitative estimate of drug-likeness (QED) is 0.731. The zero-order chi connectivity index (χ0) is 15.6. The molecule has 0 atom stereocenters. The summed E-state index contributed by atoms with van der Waals surface area (Å²) in [5, 5.41) is 4.14. The van der Waals surface area contributed by atoms with Crippen LogP contribution in [0.1, 0.15) is 31.5 Å². The molecule has 1 aliphatic rings. The number of benzene rings is 1. The van der Waals surface area contributed by atoms with Gasteiger partial charge in [-0.05, 0) is 50.7 Å². The largest absolute Gasteiger partial charge is 0.304 e. The van der Waals surface area contributed by atoms with Crippen molar-refractivity contribution in [2.75, 3.05) is 19.6 Å². The van der Waals surface area contributed by atoms with Gasteiger partial charge in [0.15, 0.2) is 0 Å². The number of hydrogen-bond acceptors (Lipinski definition) is 5. The molecule has 1 aliphatic heterocycles. The van der Waals surface area contributed by atoms with E-state index in [0.717, 1.165) is 59.8 Å². The highest BCUT2D eigenvalue weighted by molar-refractivity contribution is 7.13. The zero-order valence-corrected chi connectivity index (χ0v) is 14.1. The Kier molecular flexibility index (Phi) is 4.06. The normalized spacial score (nSPS) is 16.9. The molecule has 2 aromatic heterocycles. The summed E-state index contributed by atoms with van der Waals surface area (Å²) in [6.07, 6.45) is 6.14. The second-order valence-corrected chi connectivity index (χ2v) is 6.94. The Balaban J connectivity index is 1.60. The molecule has 1 saturated heterocycles. The predicted octanol–water partition coefficient (Wildman–Crippen LogP) is 3.95. The van der Waals surface area contributed by atoms with Gasteiger partial charge >= 0.3 is 0 Å². The molecule has 1 fully saturated rings. The van der Waals surface area contributed by atoms with Crippen LogP contribution < -0.4 is 0 Å². The van der Waals surface area contributed by atoms with Gasteiger partial charge < -0.3 is 4.90 Å². The van der Waals surface area contributed by atoms with Crippen LogP contribution in [-0.2, 0) is 0 Å². The Morgan fingerprint density at radius 2 is 2.09 bits per heavy atom. The van der Waals surface area contributed by atoms with Crippen molar-refractivity contribution >= 4 is 22.2 Å². The SMILES string of the molecule is CCN1CCC(c2ncc3cc(-c4nccs4)ccc3n2)CC1. The minimum atomic E-state index is 0.501. The number of fused-ring (bicyclic) bond motifs is 1. The van der Waals surface area contributed by atoms with Crippen molar-refractivity contribution in [3.8, 4) is 10.6 Å². The first-order valence-corrected chi connectivity index (χ1v) is 9.10. The number of thiazole rings is 1. The van der Waals surface area contributed by atoms with Crippen LogP contribution in [0.25, 0.3) is 21.5 Å². The van der Waals surface area contributed by atoms with Crippen molar-refractivity contribution in [1.82, 2.24) is 19.9 Å². The summed E-state index contributed by atoms with van der Waals surface area (Å²) >= 11 is 1.66. The van der Waals surface area contributed by atoms with E-state index in [1.54, 1.807) is 11.3 Å². The Labute approximate surface area is 140 Å². The van der Waals surface area contributed by atoms with Gasteiger partial charge in [-0.25, -0.2) is 15.0 Å². The molecule has 0 unspecified atom stereocenters. The van der Waals surface area contributed by atoms with Crippen molar-refractivity contribution in [2.45, 2.75) is 25.7 Å². The van der Waals surface area contributed by atoms with Gasteiger partial charge in [0.25, 0.3) is 0 Å². The van der Waals surface area contributed by atoms with Crippen LogP contribution in [0.2, 0.25) is 0 Å². The van der Waals surface area contributed by atoms with Crippen LogP contribution in [0.15, 0.2) is 36.0 Å². The third kappa shape index (κ3) is 2.99. The lowest BCUT2D eigenvalue weighted by atomic mass is 9.96. The van der Waals surface area contributed by atoms with E-state index >= 15 is 0 Å². The topological polar surface area (TPSA) is 41.9 Å². The summed E-state index contributed by atoms with van der Waals surface area (Å²) in [6, 6.07) is 6.34. The van der Waals surface area contributed by atoms with E-state index in [0.29, 0.717) is 5.92 Å². The number of rotatable bonds is 3. The summed E-state index contributed by atoms with van der Waals surface area (Å²) in [5.74, 6) is 1.51. The summed E-state index contributed by atoms with van der Waals surface area (Å²) < 4.78 is 0. The Morgan fingerprint density at radius 3 is 2.83 bits per heavy atom. The standard InChI is InChI=1S/C18H20N4S/c1-2-22-8-5-13(6-9-22)17-20-12-15-11-14(3-4-16(15)21-17)18-19-7-10-23-18/h3-4,7,10-13H,2,5-6,8-9H2,1H3. The van der Waals surface area contributed by atoms with Gasteiger partial charge in [-0.15, -0.1) is 11.3 Å². The minimum absolute atomic E-state index is 0.501. The van der Waals surface area contributed by atoms with Crippen molar-refractivity contribution in [3.05, 3.63) is 41.8 Å². The zero-order valence-electron chi connectivity index (χ0n) is 13.3. The fourth-order valence-corrected chi connectivity index (χ4v) is 3.89. The van der Waals surface area contributed by atoms with Crippen molar-refractivity contribution in [1.29, 1.82) is 0 Å². The van der Waals surface area contributed by atoms with E-state index in [1.807, 2.05) is 17.8 Å². The van der Waals surface area contributed by atoms with E-state index in [2.05, 4.69) is 40.0 Å².